The maximum atomic E-state index is 13.1. The summed E-state index contributed by atoms with van der Waals surface area (Å²) in [6, 6.07) is 0. The SMILES string of the molecule is CC(C)[Si]1(C(C)C)OC[C@@]23C(=O)O[C@@H](C[C@@H](C)C=O)[C@]2(O1)[C@@H](C)C(=O)N3C. The largest absolute Gasteiger partial charge is 0.457 e. The Morgan fingerprint density at radius 1 is 1.22 bits per heavy atom. The van der Waals surface area contributed by atoms with E-state index in [2.05, 4.69) is 27.7 Å². The van der Waals surface area contributed by atoms with E-state index in [1.54, 1.807) is 14.0 Å². The lowest BCUT2D eigenvalue weighted by Gasteiger charge is -2.55. The molecule has 3 aliphatic rings. The molecule has 3 rings (SSSR count). The number of likely N-dealkylation sites (N-methyl/N-ethyl adjacent to an activating group) is 1. The number of likely N-dealkylation sites (tertiary alicyclic amines) is 1. The summed E-state index contributed by atoms with van der Waals surface area (Å²) in [6.07, 6.45) is 0.538. The molecular weight excluding hydrogens is 366 g/mol. The van der Waals surface area contributed by atoms with Gasteiger partial charge in [0.25, 0.3) is 0 Å². The van der Waals surface area contributed by atoms with Gasteiger partial charge in [-0.1, -0.05) is 41.5 Å². The Balaban J connectivity index is 2.20. The average molecular weight is 398 g/mol. The van der Waals surface area contributed by atoms with Crippen molar-refractivity contribution < 1.29 is 28.0 Å². The standard InChI is InChI=1S/C19H31NO6Si/c1-11(2)27(12(3)4)24-10-18-17(23)25-15(8-13(5)9-21)19(18,26-27)14(6)16(22)20(18)7/h9,11-15H,8,10H2,1-7H3/t13-,14+,15+,18-,19-/m1/s1. The van der Waals surface area contributed by atoms with Gasteiger partial charge in [0.05, 0.1) is 12.5 Å². The van der Waals surface area contributed by atoms with E-state index in [1.165, 1.54) is 4.90 Å². The third-order valence-electron chi connectivity index (χ3n) is 6.89. The molecule has 0 aromatic heterocycles. The van der Waals surface area contributed by atoms with Crippen molar-refractivity contribution in [3.63, 3.8) is 0 Å². The molecule has 0 N–H and O–H groups in total. The highest BCUT2D eigenvalue weighted by atomic mass is 28.4. The zero-order valence-electron chi connectivity index (χ0n) is 17.3. The third-order valence-corrected chi connectivity index (χ3v) is 11.4. The number of ether oxygens (including phenoxy) is 1. The fraction of sp³-hybridized carbons (Fsp3) is 0.842. The van der Waals surface area contributed by atoms with Gasteiger partial charge in [0.1, 0.15) is 18.0 Å². The first-order valence-corrected chi connectivity index (χ1v) is 11.8. The third kappa shape index (κ3) is 2.29. The Kier molecular flexibility index (Phi) is 4.84. The van der Waals surface area contributed by atoms with E-state index in [0.717, 1.165) is 6.29 Å². The van der Waals surface area contributed by atoms with E-state index < -0.39 is 37.7 Å². The minimum atomic E-state index is -2.76. The molecular formula is C19H31NO6Si. The van der Waals surface area contributed by atoms with Gasteiger partial charge in [-0.05, 0) is 17.5 Å². The number of cyclic esters (lactones) is 1. The number of esters is 1. The lowest BCUT2D eigenvalue weighted by Crippen LogP contribution is -2.75. The second-order valence-corrected chi connectivity index (χ2v) is 13.2. The molecule has 3 aliphatic heterocycles. The minimum Gasteiger partial charge on any atom is -0.457 e. The Morgan fingerprint density at radius 3 is 2.33 bits per heavy atom. The molecule has 27 heavy (non-hydrogen) atoms. The van der Waals surface area contributed by atoms with Crippen LogP contribution in [0.5, 0.6) is 0 Å². The van der Waals surface area contributed by atoms with Crippen LogP contribution in [0.2, 0.25) is 11.1 Å². The van der Waals surface area contributed by atoms with Crippen molar-refractivity contribution in [2.24, 2.45) is 11.8 Å². The summed E-state index contributed by atoms with van der Waals surface area (Å²) >= 11 is 0. The van der Waals surface area contributed by atoms with Crippen molar-refractivity contribution in [2.45, 2.75) is 76.3 Å². The van der Waals surface area contributed by atoms with Crippen LogP contribution >= 0.6 is 0 Å². The fourth-order valence-electron chi connectivity index (χ4n) is 5.31. The first kappa shape index (κ1) is 20.5. The second-order valence-electron chi connectivity index (χ2n) is 8.94. The summed E-state index contributed by atoms with van der Waals surface area (Å²) < 4.78 is 19.1. The molecule has 1 amide bonds. The lowest BCUT2D eigenvalue weighted by molar-refractivity contribution is -0.158. The van der Waals surface area contributed by atoms with Crippen LogP contribution in [-0.4, -0.2) is 62.5 Å². The summed E-state index contributed by atoms with van der Waals surface area (Å²) in [6.45, 7) is 12.0. The molecule has 0 saturated carbocycles. The van der Waals surface area contributed by atoms with Gasteiger partial charge >= 0.3 is 14.5 Å². The molecule has 3 fully saturated rings. The number of carbonyl (C=O) groups excluding carboxylic acids is 3. The number of hydrogen-bond acceptors (Lipinski definition) is 6. The van der Waals surface area contributed by atoms with E-state index in [1.807, 2.05) is 6.92 Å². The van der Waals surface area contributed by atoms with Crippen LogP contribution in [0.1, 0.15) is 48.0 Å². The molecule has 0 unspecified atom stereocenters. The van der Waals surface area contributed by atoms with Gasteiger partial charge < -0.3 is 23.3 Å². The summed E-state index contributed by atoms with van der Waals surface area (Å²) in [4.78, 5) is 38.9. The van der Waals surface area contributed by atoms with Crippen molar-refractivity contribution in [3.8, 4) is 0 Å². The van der Waals surface area contributed by atoms with Gasteiger partial charge in [0.15, 0.2) is 5.54 Å². The van der Waals surface area contributed by atoms with E-state index in [-0.39, 0.29) is 29.5 Å². The monoisotopic (exact) mass is 397 g/mol. The highest BCUT2D eigenvalue weighted by Crippen LogP contribution is 2.60. The molecule has 3 heterocycles. The van der Waals surface area contributed by atoms with Gasteiger partial charge in [0.2, 0.25) is 5.91 Å². The van der Waals surface area contributed by atoms with Crippen LogP contribution in [0.4, 0.5) is 0 Å². The predicted molar refractivity (Wildman–Crippen MR) is 100 cm³/mol. The van der Waals surface area contributed by atoms with Crippen molar-refractivity contribution in [2.75, 3.05) is 13.7 Å². The number of nitrogens with zero attached hydrogens (tertiary/aromatic N) is 1. The molecule has 0 aromatic carbocycles. The minimum absolute atomic E-state index is 0.0902. The van der Waals surface area contributed by atoms with Gasteiger partial charge in [-0.15, -0.1) is 0 Å². The van der Waals surface area contributed by atoms with Crippen molar-refractivity contribution >= 4 is 26.7 Å². The Bertz CT molecular complexity index is 659. The molecule has 0 spiro atoms. The van der Waals surface area contributed by atoms with E-state index >= 15 is 0 Å². The van der Waals surface area contributed by atoms with E-state index in [4.69, 9.17) is 13.6 Å². The molecule has 5 atom stereocenters. The summed E-state index contributed by atoms with van der Waals surface area (Å²) in [7, 11) is -1.13. The van der Waals surface area contributed by atoms with Crippen LogP contribution in [-0.2, 0) is 28.0 Å². The lowest BCUT2D eigenvalue weighted by atomic mass is 9.72. The number of amides is 1. The topological polar surface area (TPSA) is 82.1 Å². The van der Waals surface area contributed by atoms with Crippen LogP contribution in [0.25, 0.3) is 0 Å². The molecule has 0 aliphatic carbocycles. The average Bonchev–Trinajstić information content (AvgIpc) is 2.96. The first-order chi connectivity index (χ1) is 12.5. The van der Waals surface area contributed by atoms with Crippen LogP contribution < -0.4 is 0 Å². The summed E-state index contributed by atoms with van der Waals surface area (Å²) in [5.74, 6) is -1.48. The quantitative estimate of drug-likeness (QED) is 0.401. The van der Waals surface area contributed by atoms with Crippen molar-refractivity contribution in [1.29, 1.82) is 0 Å². The Morgan fingerprint density at radius 2 is 1.81 bits per heavy atom. The number of carbonyl (C=O) groups is 3. The molecule has 0 aromatic rings. The number of hydrogen-bond donors (Lipinski definition) is 0. The first-order valence-electron chi connectivity index (χ1n) is 9.79. The van der Waals surface area contributed by atoms with Gasteiger partial charge in [0, 0.05) is 13.0 Å². The zero-order valence-corrected chi connectivity index (χ0v) is 18.3. The fourth-order valence-corrected chi connectivity index (χ4v) is 9.28. The second kappa shape index (κ2) is 6.39. The van der Waals surface area contributed by atoms with Crippen molar-refractivity contribution in [1.82, 2.24) is 4.90 Å². The molecule has 152 valence electrons. The van der Waals surface area contributed by atoms with E-state index in [0.29, 0.717) is 6.42 Å². The predicted octanol–water partition coefficient (Wildman–Crippen LogP) is 2.03. The van der Waals surface area contributed by atoms with Crippen LogP contribution in [0.15, 0.2) is 0 Å². The normalized spacial score (nSPS) is 38.8. The Hall–Kier alpha value is -1.25. The van der Waals surface area contributed by atoms with Gasteiger partial charge in [-0.3, -0.25) is 4.79 Å². The molecule has 0 radical (unpaired) electrons. The highest BCUT2D eigenvalue weighted by molar-refractivity contribution is 6.70. The number of aldehydes is 1. The van der Waals surface area contributed by atoms with Crippen LogP contribution in [0.3, 0.4) is 0 Å². The molecule has 3 saturated heterocycles. The number of rotatable bonds is 5. The van der Waals surface area contributed by atoms with E-state index in [9.17, 15) is 14.4 Å². The smallest absolute Gasteiger partial charge is 0.344 e. The van der Waals surface area contributed by atoms with Gasteiger partial charge in [-0.2, -0.15) is 0 Å². The van der Waals surface area contributed by atoms with Gasteiger partial charge in [-0.25, -0.2) is 4.79 Å². The zero-order chi connectivity index (χ0) is 20.4. The van der Waals surface area contributed by atoms with Crippen LogP contribution in [0, 0.1) is 11.8 Å². The molecule has 0 bridgehead atoms. The maximum Gasteiger partial charge on any atom is 0.344 e. The van der Waals surface area contributed by atoms with Crippen molar-refractivity contribution in [3.05, 3.63) is 0 Å². The highest BCUT2D eigenvalue weighted by Gasteiger charge is 2.83. The molecule has 7 nitrogen and oxygen atoms in total. The summed E-state index contributed by atoms with van der Waals surface area (Å²) in [5.41, 5.74) is -2.13. The molecule has 8 heteroatoms. The Labute approximate surface area is 162 Å². The summed E-state index contributed by atoms with van der Waals surface area (Å²) in [5, 5.41) is 0. The maximum absolute atomic E-state index is 13.1.